The first-order chi connectivity index (χ1) is 38.6. The topological polar surface area (TPSA) is 237 Å². The molecule has 0 aliphatic heterocycles. The minimum atomic E-state index is -4.94. The first kappa shape index (κ1) is 79.1. The molecule has 6 atom stereocenters. The molecule has 0 fully saturated rings. The molecule has 0 radical (unpaired) electrons. The molecule has 0 aromatic rings. The Kier molecular flexibility index (Phi) is 51.1. The largest absolute Gasteiger partial charge is 0.472 e. The van der Waals surface area contributed by atoms with E-state index < -0.39 is 97.5 Å². The van der Waals surface area contributed by atoms with Crippen LogP contribution < -0.4 is 0 Å². The molecule has 0 heterocycles. The van der Waals surface area contributed by atoms with Gasteiger partial charge in [-0.05, 0) is 49.4 Å². The maximum Gasteiger partial charge on any atom is 0.472 e. The number of aliphatic hydroxyl groups excluding tert-OH is 1. The van der Waals surface area contributed by atoms with Crippen molar-refractivity contribution in [2.75, 3.05) is 39.6 Å². The Morgan fingerprint density at radius 3 is 0.877 bits per heavy atom. The maximum absolute atomic E-state index is 12.9. The molecule has 81 heavy (non-hydrogen) atoms. The van der Waals surface area contributed by atoms with E-state index in [1.165, 1.54) is 83.5 Å². The molecule has 0 aromatic carbocycles. The minimum Gasteiger partial charge on any atom is -0.462 e. The highest BCUT2D eigenvalue weighted by molar-refractivity contribution is 7.47. The van der Waals surface area contributed by atoms with Crippen LogP contribution in [0.4, 0.5) is 0 Å². The van der Waals surface area contributed by atoms with Crippen LogP contribution in [0.2, 0.25) is 0 Å². The molecule has 17 nitrogen and oxygen atoms in total. The average Bonchev–Trinajstić information content (AvgIpc) is 3.41. The quantitative estimate of drug-likeness (QED) is 0.0222. The average molecular weight is 1200 g/mol. The van der Waals surface area contributed by atoms with Gasteiger partial charge in [0, 0.05) is 25.7 Å². The van der Waals surface area contributed by atoms with Crippen LogP contribution in [0, 0.1) is 23.7 Å². The number of carbonyl (C=O) groups excluding carboxylic acids is 4. The highest BCUT2D eigenvalue weighted by atomic mass is 31.2. The predicted molar refractivity (Wildman–Crippen MR) is 321 cm³/mol. The zero-order valence-corrected chi connectivity index (χ0v) is 54.2. The van der Waals surface area contributed by atoms with Crippen molar-refractivity contribution in [3.05, 3.63) is 0 Å². The maximum atomic E-state index is 12.9. The summed E-state index contributed by atoms with van der Waals surface area (Å²) < 4.78 is 67.9. The third-order valence-electron chi connectivity index (χ3n) is 14.4. The monoisotopic (exact) mass is 1200 g/mol. The number of hydrogen-bond acceptors (Lipinski definition) is 15. The minimum absolute atomic E-state index is 0.102. The van der Waals surface area contributed by atoms with Crippen molar-refractivity contribution >= 4 is 39.5 Å². The van der Waals surface area contributed by atoms with Crippen molar-refractivity contribution in [1.82, 2.24) is 0 Å². The van der Waals surface area contributed by atoms with Gasteiger partial charge in [-0.1, -0.05) is 242 Å². The fraction of sp³-hybridized carbons (Fsp3) is 0.935. The van der Waals surface area contributed by atoms with E-state index >= 15 is 0 Å². The number of hydrogen-bond donors (Lipinski definition) is 3. The van der Waals surface area contributed by atoms with Gasteiger partial charge >= 0.3 is 39.5 Å². The van der Waals surface area contributed by atoms with Gasteiger partial charge in [0.25, 0.3) is 0 Å². The first-order valence-electron chi connectivity index (χ1n) is 32.2. The van der Waals surface area contributed by atoms with Crippen molar-refractivity contribution in [3.8, 4) is 0 Å². The molecular weight excluding hydrogens is 1080 g/mol. The van der Waals surface area contributed by atoms with E-state index in [1.54, 1.807) is 0 Å². The van der Waals surface area contributed by atoms with Gasteiger partial charge in [0.15, 0.2) is 12.2 Å². The van der Waals surface area contributed by atoms with E-state index in [0.29, 0.717) is 37.5 Å². The van der Waals surface area contributed by atoms with Crippen molar-refractivity contribution < 1.29 is 80.2 Å². The second-order valence-corrected chi connectivity index (χ2v) is 27.0. The highest BCUT2D eigenvalue weighted by Crippen LogP contribution is 2.45. The van der Waals surface area contributed by atoms with Gasteiger partial charge in [0.2, 0.25) is 0 Å². The molecule has 0 bridgehead atoms. The van der Waals surface area contributed by atoms with Gasteiger partial charge in [0.1, 0.15) is 19.3 Å². The van der Waals surface area contributed by atoms with E-state index in [9.17, 15) is 43.2 Å². The number of aliphatic hydroxyl groups is 1. The van der Waals surface area contributed by atoms with Crippen LogP contribution in [0.15, 0.2) is 0 Å². The van der Waals surface area contributed by atoms with Gasteiger partial charge in [-0.15, -0.1) is 0 Å². The highest BCUT2D eigenvalue weighted by Gasteiger charge is 2.30. The first-order valence-corrected chi connectivity index (χ1v) is 35.2. The molecule has 0 aromatic heterocycles. The second-order valence-electron chi connectivity index (χ2n) is 24.1. The van der Waals surface area contributed by atoms with E-state index in [2.05, 4.69) is 55.4 Å². The zero-order valence-electron chi connectivity index (χ0n) is 52.4. The number of phosphoric acid groups is 2. The molecule has 19 heteroatoms. The van der Waals surface area contributed by atoms with Gasteiger partial charge in [0.05, 0.1) is 26.4 Å². The lowest BCUT2D eigenvalue weighted by atomic mass is 10.00. The molecular formula is C62H120O17P2. The van der Waals surface area contributed by atoms with E-state index in [4.69, 9.17) is 37.0 Å². The van der Waals surface area contributed by atoms with Crippen LogP contribution in [-0.2, 0) is 65.4 Å². The zero-order chi connectivity index (χ0) is 60.4. The van der Waals surface area contributed by atoms with Gasteiger partial charge < -0.3 is 33.8 Å². The SMILES string of the molecule is CCC(C)CCCCCCCCC(=O)OC[C@H](COP(=O)(O)OCC(O)COP(=O)(O)OC[C@@H](COC(=O)CCCCCCCCCC(C)C)OC(=O)CCCCCCCCCCC(C)C)OC(=O)CCCCCCCCCC(C)C. The number of esters is 4. The molecule has 3 N–H and O–H groups in total. The number of rotatable bonds is 59. The summed E-state index contributed by atoms with van der Waals surface area (Å²) >= 11 is 0. The fourth-order valence-electron chi connectivity index (χ4n) is 9.04. The molecule has 480 valence electrons. The molecule has 0 saturated carbocycles. The number of phosphoric ester groups is 2. The standard InChI is InChI=1S/C62H120O17P2/c1-9-55(8)41-33-25-20-21-27-35-43-60(65)73-49-58(79-62(67)45-37-29-19-13-16-24-32-40-54(6)7)51-77-81(70,71)75-47-56(63)46-74-80(68,69)76-50-57(48-72-59(64)42-34-26-18-12-15-23-31-39-53(4)5)78-61(66)44-36-28-17-11-10-14-22-30-38-52(2)3/h52-58,63H,9-51H2,1-8H3,(H,68,69)(H,70,71)/t55?,56?,57-,58-/m1/s1. The van der Waals surface area contributed by atoms with Gasteiger partial charge in [-0.3, -0.25) is 37.3 Å². The van der Waals surface area contributed by atoms with Gasteiger partial charge in [-0.25, -0.2) is 9.13 Å². The smallest absolute Gasteiger partial charge is 0.462 e. The Balaban J connectivity index is 5.26. The lowest BCUT2D eigenvalue weighted by Gasteiger charge is -2.21. The van der Waals surface area contributed by atoms with E-state index in [-0.39, 0.29) is 25.7 Å². The van der Waals surface area contributed by atoms with E-state index in [1.807, 2.05) is 0 Å². The summed E-state index contributed by atoms with van der Waals surface area (Å²) in [5.41, 5.74) is 0. The Morgan fingerprint density at radius 1 is 0.346 bits per heavy atom. The fourth-order valence-corrected chi connectivity index (χ4v) is 10.6. The van der Waals surface area contributed by atoms with Crippen LogP contribution >= 0.6 is 15.6 Å². The molecule has 0 amide bonds. The summed E-state index contributed by atoms with van der Waals surface area (Å²) in [6.07, 6.45) is 31.0. The lowest BCUT2D eigenvalue weighted by Crippen LogP contribution is -2.30. The van der Waals surface area contributed by atoms with Crippen LogP contribution in [0.1, 0.15) is 293 Å². The predicted octanol–water partition coefficient (Wildman–Crippen LogP) is 16.6. The third kappa shape index (κ3) is 55.7. The number of ether oxygens (including phenoxy) is 4. The Morgan fingerprint density at radius 2 is 0.593 bits per heavy atom. The number of carbonyl (C=O) groups is 4. The molecule has 0 aliphatic rings. The summed E-state index contributed by atoms with van der Waals surface area (Å²) in [5.74, 6) is 0.704. The van der Waals surface area contributed by atoms with Crippen molar-refractivity contribution in [2.24, 2.45) is 23.7 Å². The van der Waals surface area contributed by atoms with Gasteiger partial charge in [-0.2, -0.15) is 0 Å². The Bertz CT molecular complexity index is 1630. The Labute approximate surface area is 492 Å². The summed E-state index contributed by atoms with van der Waals surface area (Å²) in [6, 6.07) is 0. The number of unbranched alkanes of at least 4 members (excludes halogenated alkanes) is 24. The second kappa shape index (κ2) is 52.4. The van der Waals surface area contributed by atoms with Crippen LogP contribution in [-0.4, -0.2) is 96.7 Å². The van der Waals surface area contributed by atoms with E-state index in [0.717, 1.165) is 115 Å². The summed E-state index contributed by atoms with van der Waals surface area (Å²) in [5, 5.41) is 10.5. The molecule has 0 rings (SSSR count). The molecule has 0 spiro atoms. The third-order valence-corrected chi connectivity index (χ3v) is 16.3. The van der Waals surface area contributed by atoms with Crippen LogP contribution in [0.25, 0.3) is 0 Å². The summed E-state index contributed by atoms with van der Waals surface area (Å²) in [4.78, 5) is 72.1. The lowest BCUT2D eigenvalue weighted by molar-refractivity contribution is -0.161. The summed E-state index contributed by atoms with van der Waals surface area (Å²) in [7, 11) is -9.88. The van der Waals surface area contributed by atoms with Crippen LogP contribution in [0.3, 0.4) is 0 Å². The van der Waals surface area contributed by atoms with Crippen molar-refractivity contribution in [3.63, 3.8) is 0 Å². The van der Waals surface area contributed by atoms with Crippen molar-refractivity contribution in [1.29, 1.82) is 0 Å². The molecule has 0 aliphatic carbocycles. The Hall–Kier alpha value is -1.94. The molecule has 4 unspecified atom stereocenters. The normalized spacial score (nSPS) is 14.8. The summed E-state index contributed by atoms with van der Waals surface area (Å²) in [6.45, 7) is 13.9. The molecule has 0 saturated heterocycles. The van der Waals surface area contributed by atoms with Crippen molar-refractivity contribution in [2.45, 2.75) is 311 Å². The van der Waals surface area contributed by atoms with Crippen LogP contribution in [0.5, 0.6) is 0 Å².